The second kappa shape index (κ2) is 7.83. The van der Waals surface area contributed by atoms with Crippen LogP contribution in [0, 0.1) is 17.0 Å². The van der Waals surface area contributed by atoms with E-state index in [4.69, 9.17) is 9.47 Å². The first-order chi connectivity index (χ1) is 12.3. The molecule has 10 heteroatoms. The third kappa shape index (κ3) is 4.48. The molecule has 0 heterocycles. The summed E-state index contributed by atoms with van der Waals surface area (Å²) in [7, 11) is -1.07. The summed E-state index contributed by atoms with van der Waals surface area (Å²) in [5.74, 6) is 1.03. The van der Waals surface area contributed by atoms with Crippen LogP contribution in [-0.2, 0) is 10.0 Å². The van der Waals surface area contributed by atoms with Crippen molar-refractivity contribution in [2.75, 3.05) is 14.2 Å². The van der Waals surface area contributed by atoms with Crippen molar-refractivity contribution in [1.29, 1.82) is 0 Å². The molecule has 0 radical (unpaired) electrons. The molecule has 2 rings (SSSR count). The smallest absolute Gasteiger partial charge is 0.276 e. The minimum atomic E-state index is -4.05. The second-order valence-electron chi connectivity index (χ2n) is 5.20. The van der Waals surface area contributed by atoms with Crippen LogP contribution >= 0.6 is 0 Å². The highest BCUT2D eigenvalue weighted by atomic mass is 32.2. The summed E-state index contributed by atoms with van der Waals surface area (Å²) in [6.45, 7) is 1.52. The molecule has 0 spiro atoms. The fourth-order valence-corrected chi connectivity index (χ4v) is 2.89. The van der Waals surface area contributed by atoms with Crippen molar-refractivity contribution in [3.63, 3.8) is 0 Å². The van der Waals surface area contributed by atoms with Crippen molar-refractivity contribution in [1.82, 2.24) is 4.83 Å². The Balaban J connectivity index is 2.24. The van der Waals surface area contributed by atoms with Gasteiger partial charge in [0.05, 0.1) is 30.3 Å². The topological polar surface area (TPSA) is 120 Å². The first kappa shape index (κ1) is 19.2. The van der Waals surface area contributed by atoms with E-state index < -0.39 is 14.9 Å². The quantitative estimate of drug-likeness (QED) is 0.447. The molecule has 0 aliphatic carbocycles. The Morgan fingerprint density at radius 2 is 1.73 bits per heavy atom. The summed E-state index contributed by atoms with van der Waals surface area (Å²) in [6.07, 6.45) is 1.27. The summed E-state index contributed by atoms with van der Waals surface area (Å²) < 4.78 is 34.7. The normalized spacial score (nSPS) is 11.3. The molecule has 2 aromatic carbocycles. The fraction of sp³-hybridized carbons (Fsp3) is 0.188. The molecule has 0 aromatic heterocycles. The van der Waals surface area contributed by atoms with Crippen molar-refractivity contribution < 1.29 is 22.8 Å². The number of nitrogens with one attached hydrogen (secondary N) is 1. The molecule has 0 unspecified atom stereocenters. The van der Waals surface area contributed by atoms with Gasteiger partial charge in [-0.25, -0.2) is 4.83 Å². The standard InChI is InChI=1S/C16H17N3O6S/c1-11-4-5-15(9-16(11)19(20)21)26(22,23)18-17-10-12-6-13(24-2)8-14(7-12)25-3/h4-10,18H,1-3H3/b17-10-. The van der Waals surface area contributed by atoms with Gasteiger partial charge in [0, 0.05) is 23.3 Å². The zero-order valence-electron chi connectivity index (χ0n) is 14.3. The molecule has 0 saturated heterocycles. The predicted octanol–water partition coefficient (Wildman–Crippen LogP) is 2.23. The number of methoxy groups -OCH3 is 2. The lowest BCUT2D eigenvalue weighted by Crippen LogP contribution is -2.18. The van der Waals surface area contributed by atoms with E-state index in [0.29, 0.717) is 22.6 Å². The number of hydrogen-bond donors (Lipinski definition) is 1. The van der Waals surface area contributed by atoms with E-state index in [1.165, 1.54) is 39.5 Å². The minimum Gasteiger partial charge on any atom is -0.497 e. The van der Waals surface area contributed by atoms with Crippen LogP contribution in [0.25, 0.3) is 0 Å². The maximum Gasteiger partial charge on any atom is 0.276 e. The molecule has 0 amide bonds. The van der Waals surface area contributed by atoms with Gasteiger partial charge in [0.25, 0.3) is 15.7 Å². The van der Waals surface area contributed by atoms with Crippen LogP contribution in [0.5, 0.6) is 11.5 Å². The molecule has 138 valence electrons. The van der Waals surface area contributed by atoms with Crippen LogP contribution in [0.1, 0.15) is 11.1 Å². The number of hydrogen-bond acceptors (Lipinski definition) is 7. The molecule has 0 bridgehead atoms. The molecule has 2 aromatic rings. The Kier molecular flexibility index (Phi) is 5.78. The Morgan fingerprint density at radius 3 is 2.27 bits per heavy atom. The van der Waals surface area contributed by atoms with E-state index in [-0.39, 0.29) is 10.6 Å². The Bertz CT molecular complexity index is 934. The third-order valence-corrected chi connectivity index (χ3v) is 4.67. The highest BCUT2D eigenvalue weighted by Crippen LogP contribution is 2.23. The average molecular weight is 379 g/mol. The molecule has 0 aliphatic rings. The number of nitrogens with zero attached hydrogens (tertiary/aromatic N) is 2. The van der Waals surface area contributed by atoms with E-state index in [1.807, 2.05) is 4.83 Å². The van der Waals surface area contributed by atoms with E-state index in [0.717, 1.165) is 6.07 Å². The SMILES string of the molecule is COc1cc(/C=N\NS(=O)(=O)c2ccc(C)c([N+](=O)[O-])c2)cc(OC)c1. The molecule has 0 atom stereocenters. The van der Waals surface area contributed by atoms with Crippen molar-refractivity contribution in [2.24, 2.45) is 5.10 Å². The summed E-state index contributed by atoms with van der Waals surface area (Å²) in [5, 5.41) is 14.7. The van der Waals surface area contributed by atoms with Crippen LogP contribution in [0.2, 0.25) is 0 Å². The Morgan fingerprint density at radius 1 is 1.12 bits per heavy atom. The molecule has 1 N–H and O–H groups in total. The summed E-state index contributed by atoms with van der Waals surface area (Å²) >= 11 is 0. The van der Waals surface area contributed by atoms with Gasteiger partial charge in [-0.15, -0.1) is 0 Å². The molecule has 26 heavy (non-hydrogen) atoms. The number of ether oxygens (including phenoxy) is 2. The molecule has 0 fully saturated rings. The number of hydrazone groups is 1. The van der Waals surface area contributed by atoms with E-state index >= 15 is 0 Å². The van der Waals surface area contributed by atoms with Crippen molar-refractivity contribution in [3.05, 3.63) is 57.6 Å². The van der Waals surface area contributed by atoms with Crippen molar-refractivity contribution in [2.45, 2.75) is 11.8 Å². The number of sulfonamides is 1. The Hall–Kier alpha value is -3.14. The average Bonchev–Trinajstić information content (AvgIpc) is 2.61. The van der Waals surface area contributed by atoms with Gasteiger partial charge in [-0.1, -0.05) is 6.07 Å². The first-order valence-electron chi connectivity index (χ1n) is 7.30. The van der Waals surface area contributed by atoms with Crippen LogP contribution in [0.4, 0.5) is 5.69 Å². The van der Waals surface area contributed by atoms with Crippen LogP contribution in [0.3, 0.4) is 0 Å². The maximum absolute atomic E-state index is 12.3. The van der Waals surface area contributed by atoms with E-state index in [9.17, 15) is 18.5 Å². The number of nitro groups is 1. The minimum absolute atomic E-state index is 0.254. The number of rotatable bonds is 7. The molecular weight excluding hydrogens is 362 g/mol. The van der Waals surface area contributed by atoms with Crippen molar-refractivity contribution >= 4 is 21.9 Å². The molecular formula is C16H17N3O6S. The lowest BCUT2D eigenvalue weighted by molar-refractivity contribution is -0.385. The van der Waals surface area contributed by atoms with Gasteiger partial charge in [0.2, 0.25) is 0 Å². The van der Waals surface area contributed by atoms with Gasteiger partial charge in [0.15, 0.2) is 0 Å². The monoisotopic (exact) mass is 379 g/mol. The number of nitro benzene ring substituents is 1. The van der Waals surface area contributed by atoms with E-state index in [2.05, 4.69) is 5.10 Å². The third-order valence-electron chi connectivity index (χ3n) is 3.45. The summed E-state index contributed by atoms with van der Waals surface area (Å²) in [5.41, 5.74) is 0.620. The Labute approximate surface area is 150 Å². The molecule has 9 nitrogen and oxygen atoms in total. The fourth-order valence-electron chi connectivity index (χ4n) is 2.08. The summed E-state index contributed by atoms with van der Waals surface area (Å²) in [4.78, 5) is 12.1. The highest BCUT2D eigenvalue weighted by Gasteiger charge is 2.19. The zero-order valence-corrected chi connectivity index (χ0v) is 15.1. The van der Waals surface area contributed by atoms with Gasteiger partial charge >= 0.3 is 0 Å². The first-order valence-corrected chi connectivity index (χ1v) is 8.78. The lowest BCUT2D eigenvalue weighted by Gasteiger charge is -2.06. The van der Waals surface area contributed by atoms with Crippen LogP contribution in [-0.4, -0.2) is 33.8 Å². The predicted molar refractivity (Wildman–Crippen MR) is 95.3 cm³/mol. The van der Waals surface area contributed by atoms with Gasteiger partial charge in [-0.3, -0.25) is 10.1 Å². The van der Waals surface area contributed by atoms with Crippen LogP contribution < -0.4 is 14.3 Å². The van der Waals surface area contributed by atoms with Gasteiger partial charge in [0.1, 0.15) is 11.5 Å². The van der Waals surface area contributed by atoms with Gasteiger partial charge in [-0.05, 0) is 25.1 Å². The lowest BCUT2D eigenvalue weighted by atomic mass is 10.2. The molecule has 0 aliphatic heterocycles. The highest BCUT2D eigenvalue weighted by molar-refractivity contribution is 7.89. The number of aryl methyl sites for hydroxylation is 1. The van der Waals surface area contributed by atoms with E-state index in [1.54, 1.807) is 18.2 Å². The number of benzene rings is 2. The zero-order chi connectivity index (χ0) is 19.3. The van der Waals surface area contributed by atoms with Gasteiger partial charge < -0.3 is 9.47 Å². The molecule has 0 saturated carbocycles. The maximum atomic E-state index is 12.3. The largest absolute Gasteiger partial charge is 0.497 e. The van der Waals surface area contributed by atoms with Crippen LogP contribution in [0.15, 0.2) is 46.4 Å². The van der Waals surface area contributed by atoms with Gasteiger partial charge in [-0.2, -0.15) is 13.5 Å². The second-order valence-corrected chi connectivity index (χ2v) is 6.87. The van der Waals surface area contributed by atoms with Crippen molar-refractivity contribution in [3.8, 4) is 11.5 Å². The summed E-state index contributed by atoms with van der Waals surface area (Å²) in [6, 6.07) is 8.56.